The van der Waals surface area contributed by atoms with Crippen LogP contribution < -0.4 is 0 Å². The molecule has 0 N–H and O–H groups in total. The quantitative estimate of drug-likeness (QED) is 0.552. The molecular weight excluding hydrogens is 347 g/mol. The molecule has 0 spiro atoms. The Bertz CT molecular complexity index is 1080. The Kier molecular flexibility index (Phi) is 4.10. The summed E-state index contributed by atoms with van der Waals surface area (Å²) in [4.78, 5) is 4.73. The Balaban J connectivity index is 1.22. The van der Waals surface area contributed by atoms with Crippen molar-refractivity contribution < 1.29 is 13.4 Å². The van der Waals surface area contributed by atoms with Crippen LogP contribution in [-0.4, -0.2) is 46.3 Å². The highest BCUT2D eigenvalue weighted by atomic mass is 19.1. The van der Waals surface area contributed by atoms with Crippen LogP contribution in [-0.2, 0) is 13.1 Å². The molecule has 2 aromatic carbocycles. The van der Waals surface area contributed by atoms with Crippen LogP contribution in [0.1, 0.15) is 11.4 Å². The van der Waals surface area contributed by atoms with Crippen LogP contribution in [0, 0.1) is 5.82 Å². The molecule has 138 valence electrons. The molecule has 1 aliphatic heterocycles. The van der Waals surface area contributed by atoms with Gasteiger partial charge in [0.05, 0.1) is 0 Å². The number of fused-ring (bicyclic) bond motifs is 2. The van der Waals surface area contributed by atoms with Gasteiger partial charge in [-0.15, -0.1) is 0 Å². The van der Waals surface area contributed by atoms with E-state index in [2.05, 4.69) is 26.2 Å². The minimum absolute atomic E-state index is 0.306. The number of halogens is 1. The first-order valence-corrected chi connectivity index (χ1v) is 9.08. The molecule has 27 heavy (non-hydrogen) atoms. The lowest BCUT2D eigenvalue weighted by molar-refractivity contribution is 0.118. The smallest absolute Gasteiger partial charge is 0.170 e. The molecule has 2 aromatic heterocycles. The van der Waals surface area contributed by atoms with Gasteiger partial charge in [0.15, 0.2) is 11.2 Å². The van der Waals surface area contributed by atoms with Crippen molar-refractivity contribution in [2.75, 3.05) is 26.2 Å². The van der Waals surface area contributed by atoms with E-state index >= 15 is 0 Å². The molecule has 0 atom stereocenters. The predicted molar refractivity (Wildman–Crippen MR) is 98.5 cm³/mol. The van der Waals surface area contributed by atoms with Gasteiger partial charge in [-0.3, -0.25) is 9.80 Å². The zero-order valence-corrected chi connectivity index (χ0v) is 14.8. The molecular formula is C20H19FN4O2. The summed E-state index contributed by atoms with van der Waals surface area (Å²) in [5.74, 6) is -0.306. The minimum atomic E-state index is -0.306. The molecule has 1 fully saturated rings. The maximum absolute atomic E-state index is 13.3. The second kappa shape index (κ2) is 6.75. The van der Waals surface area contributed by atoms with Crippen molar-refractivity contribution in [2.24, 2.45) is 0 Å². The molecule has 4 aromatic rings. The van der Waals surface area contributed by atoms with Crippen LogP contribution in [0.15, 0.2) is 51.5 Å². The number of aromatic nitrogens is 2. The fraction of sp³-hybridized carbons (Fsp3) is 0.300. The molecule has 0 bridgehead atoms. The van der Waals surface area contributed by atoms with Crippen LogP contribution in [0.5, 0.6) is 0 Å². The lowest BCUT2D eigenvalue weighted by Gasteiger charge is -2.33. The highest BCUT2D eigenvalue weighted by Crippen LogP contribution is 2.22. The largest absolute Gasteiger partial charge is 0.356 e. The van der Waals surface area contributed by atoms with E-state index < -0.39 is 0 Å². The maximum atomic E-state index is 13.3. The van der Waals surface area contributed by atoms with Gasteiger partial charge < -0.3 is 9.05 Å². The first-order chi connectivity index (χ1) is 13.3. The summed E-state index contributed by atoms with van der Waals surface area (Å²) in [5, 5.41) is 10.3. The molecule has 1 aliphatic rings. The van der Waals surface area contributed by atoms with Crippen molar-refractivity contribution >= 4 is 21.9 Å². The summed E-state index contributed by atoms with van der Waals surface area (Å²) in [6.07, 6.45) is 0. The number of para-hydroxylation sites is 1. The van der Waals surface area contributed by atoms with Crippen LogP contribution in [0.4, 0.5) is 4.39 Å². The predicted octanol–water partition coefficient (Wildman–Crippen LogP) is 3.43. The van der Waals surface area contributed by atoms with E-state index in [1.165, 1.54) is 12.1 Å². The van der Waals surface area contributed by atoms with Gasteiger partial charge in [0, 0.05) is 56.1 Å². The number of nitrogens with zero attached hydrogens (tertiary/aromatic N) is 4. The molecule has 1 saturated heterocycles. The van der Waals surface area contributed by atoms with Crippen molar-refractivity contribution in [3.8, 4) is 0 Å². The van der Waals surface area contributed by atoms with Crippen LogP contribution >= 0.6 is 0 Å². The summed E-state index contributed by atoms with van der Waals surface area (Å²) in [7, 11) is 0. The van der Waals surface area contributed by atoms with E-state index in [0.29, 0.717) is 12.1 Å². The van der Waals surface area contributed by atoms with Crippen LogP contribution in [0.25, 0.3) is 21.9 Å². The normalized spacial score (nSPS) is 16.5. The van der Waals surface area contributed by atoms with Gasteiger partial charge in [-0.1, -0.05) is 22.4 Å². The van der Waals surface area contributed by atoms with Gasteiger partial charge in [0.25, 0.3) is 0 Å². The van der Waals surface area contributed by atoms with E-state index in [9.17, 15) is 4.39 Å². The molecule has 0 radical (unpaired) electrons. The second-order valence-corrected chi connectivity index (χ2v) is 6.95. The molecule has 0 aliphatic carbocycles. The van der Waals surface area contributed by atoms with E-state index in [4.69, 9.17) is 9.05 Å². The van der Waals surface area contributed by atoms with E-state index in [0.717, 1.165) is 60.5 Å². The van der Waals surface area contributed by atoms with Gasteiger partial charge >= 0.3 is 0 Å². The van der Waals surface area contributed by atoms with Crippen LogP contribution in [0.2, 0.25) is 0 Å². The third-order valence-corrected chi connectivity index (χ3v) is 5.17. The second-order valence-electron chi connectivity index (χ2n) is 6.95. The lowest BCUT2D eigenvalue weighted by Crippen LogP contribution is -2.45. The number of benzene rings is 2. The first kappa shape index (κ1) is 16.4. The van der Waals surface area contributed by atoms with Crippen molar-refractivity contribution in [3.05, 3.63) is 59.7 Å². The average molecular weight is 366 g/mol. The molecule has 3 heterocycles. The summed E-state index contributed by atoms with van der Waals surface area (Å²) in [6, 6.07) is 12.5. The minimum Gasteiger partial charge on any atom is -0.356 e. The summed E-state index contributed by atoms with van der Waals surface area (Å²) < 4.78 is 23.9. The van der Waals surface area contributed by atoms with Crippen molar-refractivity contribution in [1.29, 1.82) is 0 Å². The standard InChI is InChI=1S/C20H19FN4O2/c21-14-5-6-16-18(23-27-20(16)11-14)13-25-9-7-24(8-10-25)12-17-15-3-1-2-4-19(15)26-22-17/h1-6,11H,7-10,12-13H2. The summed E-state index contributed by atoms with van der Waals surface area (Å²) >= 11 is 0. The molecule has 6 nitrogen and oxygen atoms in total. The van der Waals surface area contributed by atoms with Crippen molar-refractivity contribution in [3.63, 3.8) is 0 Å². The highest BCUT2D eigenvalue weighted by Gasteiger charge is 2.21. The number of rotatable bonds is 4. The Morgan fingerprint density at radius 1 is 0.778 bits per heavy atom. The third kappa shape index (κ3) is 3.20. The van der Waals surface area contributed by atoms with E-state index in [1.54, 1.807) is 6.07 Å². The fourth-order valence-corrected chi connectivity index (χ4v) is 3.66. The van der Waals surface area contributed by atoms with Crippen molar-refractivity contribution in [2.45, 2.75) is 13.1 Å². The van der Waals surface area contributed by atoms with Gasteiger partial charge in [0.1, 0.15) is 17.2 Å². The Morgan fingerprint density at radius 2 is 1.37 bits per heavy atom. The topological polar surface area (TPSA) is 58.5 Å². The molecule has 5 rings (SSSR count). The zero-order chi connectivity index (χ0) is 18.2. The monoisotopic (exact) mass is 366 g/mol. The first-order valence-electron chi connectivity index (χ1n) is 9.08. The van der Waals surface area contributed by atoms with E-state index in [-0.39, 0.29) is 5.82 Å². The lowest BCUT2D eigenvalue weighted by atomic mass is 10.2. The Morgan fingerprint density at radius 3 is 2.07 bits per heavy atom. The zero-order valence-electron chi connectivity index (χ0n) is 14.8. The number of hydrogen-bond donors (Lipinski definition) is 0. The fourth-order valence-electron chi connectivity index (χ4n) is 3.66. The maximum Gasteiger partial charge on any atom is 0.170 e. The summed E-state index contributed by atoms with van der Waals surface area (Å²) in [6.45, 7) is 5.27. The Labute approximate surface area is 155 Å². The number of piperazine rings is 1. The third-order valence-electron chi connectivity index (χ3n) is 5.17. The molecule has 0 unspecified atom stereocenters. The highest BCUT2D eigenvalue weighted by molar-refractivity contribution is 5.79. The average Bonchev–Trinajstić information content (AvgIpc) is 3.27. The Hall–Kier alpha value is -2.77. The summed E-state index contributed by atoms with van der Waals surface area (Å²) in [5.41, 5.74) is 3.19. The van der Waals surface area contributed by atoms with Gasteiger partial charge in [0.2, 0.25) is 0 Å². The van der Waals surface area contributed by atoms with Gasteiger partial charge in [-0.05, 0) is 24.3 Å². The van der Waals surface area contributed by atoms with E-state index in [1.807, 2.05) is 18.2 Å². The van der Waals surface area contributed by atoms with Crippen LogP contribution in [0.3, 0.4) is 0 Å². The molecule has 0 amide bonds. The molecule has 0 saturated carbocycles. The van der Waals surface area contributed by atoms with Gasteiger partial charge in [-0.25, -0.2) is 4.39 Å². The molecule has 7 heteroatoms. The SMILES string of the molecule is Fc1ccc2c(CN3CCN(Cc4noc5ccccc45)CC3)noc2c1. The van der Waals surface area contributed by atoms with Gasteiger partial charge in [-0.2, -0.15) is 0 Å². The number of hydrogen-bond acceptors (Lipinski definition) is 6. The van der Waals surface area contributed by atoms with Crippen molar-refractivity contribution in [1.82, 2.24) is 20.1 Å².